The van der Waals surface area contributed by atoms with Crippen molar-refractivity contribution in [1.82, 2.24) is 0 Å². The average molecular weight is 415 g/mol. The number of nitrogens with one attached hydrogen (secondary N) is 1. The molecule has 2 rings (SSSR count). The van der Waals surface area contributed by atoms with E-state index in [2.05, 4.69) is 48.9 Å². The molecule has 3 N–H and O–H groups in total. The first-order chi connectivity index (χ1) is 9.95. The minimum atomic E-state index is 0. The molecule has 0 radical (unpaired) electrons. The Kier molecular flexibility index (Phi) is 7.35. The van der Waals surface area contributed by atoms with Crippen LogP contribution >= 0.6 is 24.0 Å². The summed E-state index contributed by atoms with van der Waals surface area (Å²) in [6, 6.07) is 6.25. The molecule has 0 saturated carbocycles. The van der Waals surface area contributed by atoms with Gasteiger partial charge in [-0.25, -0.2) is 0 Å². The van der Waals surface area contributed by atoms with Crippen molar-refractivity contribution < 1.29 is 4.74 Å². The van der Waals surface area contributed by atoms with Crippen LogP contribution in [0.25, 0.3) is 0 Å². The lowest BCUT2D eigenvalue weighted by molar-refractivity contribution is 0.120. The SMILES string of the molecule is C=C(C)C1OCCC1CN=C(N)Nc1cc(C)cc(C)c1.I. The maximum absolute atomic E-state index is 5.98. The lowest BCUT2D eigenvalue weighted by Crippen LogP contribution is -2.26. The van der Waals surface area contributed by atoms with Gasteiger partial charge in [-0.05, 0) is 50.5 Å². The van der Waals surface area contributed by atoms with Gasteiger partial charge in [0.2, 0.25) is 0 Å². The summed E-state index contributed by atoms with van der Waals surface area (Å²) in [4.78, 5) is 4.46. The summed E-state index contributed by atoms with van der Waals surface area (Å²) in [5.74, 6) is 0.828. The molecule has 1 aromatic rings. The molecule has 2 unspecified atom stereocenters. The molecule has 1 aliphatic rings. The second-order valence-corrected chi connectivity index (χ2v) is 5.91. The van der Waals surface area contributed by atoms with E-state index >= 15 is 0 Å². The molecule has 0 spiro atoms. The molecule has 1 saturated heterocycles. The van der Waals surface area contributed by atoms with Crippen molar-refractivity contribution >= 4 is 35.6 Å². The molecule has 0 aromatic heterocycles. The quantitative estimate of drug-likeness (QED) is 0.342. The Hall–Kier alpha value is -1.08. The van der Waals surface area contributed by atoms with E-state index in [9.17, 15) is 0 Å². The molecule has 0 bridgehead atoms. The molecule has 1 aromatic carbocycles. The summed E-state index contributed by atoms with van der Waals surface area (Å²) in [5.41, 5.74) is 10.4. The lowest BCUT2D eigenvalue weighted by atomic mass is 9.97. The summed E-state index contributed by atoms with van der Waals surface area (Å²) in [6.07, 6.45) is 1.13. The van der Waals surface area contributed by atoms with Crippen LogP contribution in [-0.2, 0) is 4.74 Å². The van der Waals surface area contributed by atoms with Gasteiger partial charge in [0.05, 0.1) is 6.10 Å². The van der Waals surface area contributed by atoms with E-state index in [-0.39, 0.29) is 30.1 Å². The van der Waals surface area contributed by atoms with Crippen LogP contribution in [0.1, 0.15) is 24.5 Å². The van der Waals surface area contributed by atoms with Gasteiger partial charge in [0, 0.05) is 24.8 Å². The summed E-state index contributed by atoms with van der Waals surface area (Å²) < 4.78 is 5.68. The van der Waals surface area contributed by atoms with Gasteiger partial charge < -0.3 is 15.8 Å². The first-order valence-electron chi connectivity index (χ1n) is 7.38. The predicted molar refractivity (Wildman–Crippen MR) is 104 cm³/mol. The first kappa shape index (κ1) is 19.0. The third-order valence-electron chi connectivity index (χ3n) is 3.69. The smallest absolute Gasteiger partial charge is 0.193 e. The van der Waals surface area contributed by atoms with Crippen molar-refractivity contribution in [2.45, 2.75) is 33.3 Å². The van der Waals surface area contributed by atoms with E-state index in [0.29, 0.717) is 18.4 Å². The summed E-state index contributed by atoms with van der Waals surface area (Å²) in [6.45, 7) is 11.6. The fourth-order valence-electron chi connectivity index (χ4n) is 2.82. The highest BCUT2D eigenvalue weighted by Gasteiger charge is 2.28. The van der Waals surface area contributed by atoms with E-state index in [4.69, 9.17) is 10.5 Å². The second kappa shape index (κ2) is 8.53. The van der Waals surface area contributed by atoms with E-state index in [0.717, 1.165) is 24.3 Å². The summed E-state index contributed by atoms with van der Waals surface area (Å²) in [5, 5.41) is 3.16. The average Bonchev–Trinajstić information content (AvgIpc) is 2.83. The van der Waals surface area contributed by atoms with Gasteiger partial charge in [0.15, 0.2) is 5.96 Å². The van der Waals surface area contributed by atoms with Gasteiger partial charge in [-0.2, -0.15) is 0 Å². The number of anilines is 1. The van der Waals surface area contributed by atoms with E-state index in [1.807, 2.05) is 6.92 Å². The van der Waals surface area contributed by atoms with E-state index in [1.54, 1.807) is 0 Å². The van der Waals surface area contributed by atoms with Crippen molar-refractivity contribution in [3.63, 3.8) is 0 Å². The van der Waals surface area contributed by atoms with Crippen molar-refractivity contribution in [1.29, 1.82) is 0 Å². The molecular weight excluding hydrogens is 389 g/mol. The number of aliphatic imine (C=N–C) groups is 1. The number of rotatable bonds is 4. The van der Waals surface area contributed by atoms with Crippen LogP contribution < -0.4 is 11.1 Å². The number of halogens is 1. The number of aryl methyl sites for hydroxylation is 2. The molecule has 0 amide bonds. The molecule has 1 fully saturated rings. The molecular formula is C17H26IN3O. The van der Waals surface area contributed by atoms with Gasteiger partial charge in [-0.1, -0.05) is 18.2 Å². The Morgan fingerprint density at radius 1 is 1.36 bits per heavy atom. The van der Waals surface area contributed by atoms with Crippen molar-refractivity contribution in [2.24, 2.45) is 16.6 Å². The fraction of sp³-hybridized carbons (Fsp3) is 0.471. The number of hydrogen-bond donors (Lipinski definition) is 2. The third-order valence-corrected chi connectivity index (χ3v) is 3.69. The van der Waals surface area contributed by atoms with Crippen LogP contribution in [0, 0.1) is 19.8 Å². The topological polar surface area (TPSA) is 59.6 Å². The van der Waals surface area contributed by atoms with Crippen LogP contribution in [0.4, 0.5) is 5.69 Å². The highest BCUT2D eigenvalue weighted by molar-refractivity contribution is 14.0. The minimum Gasteiger partial charge on any atom is -0.374 e. The molecule has 0 aliphatic carbocycles. The zero-order valence-electron chi connectivity index (χ0n) is 13.6. The van der Waals surface area contributed by atoms with E-state index < -0.39 is 0 Å². The molecule has 122 valence electrons. The van der Waals surface area contributed by atoms with Crippen LogP contribution in [0.15, 0.2) is 35.3 Å². The second-order valence-electron chi connectivity index (χ2n) is 5.91. The van der Waals surface area contributed by atoms with Gasteiger partial charge >= 0.3 is 0 Å². The van der Waals surface area contributed by atoms with Gasteiger partial charge in [0.25, 0.3) is 0 Å². The molecule has 1 heterocycles. The molecule has 4 nitrogen and oxygen atoms in total. The third kappa shape index (κ3) is 5.28. The normalized spacial score (nSPS) is 21.3. The number of benzene rings is 1. The van der Waals surface area contributed by atoms with Crippen LogP contribution in [0.5, 0.6) is 0 Å². The standard InChI is InChI=1S/C17H25N3O.HI/c1-11(2)16-14(5-6-21-16)10-19-17(18)20-15-8-12(3)7-13(4)9-15;/h7-9,14,16H,1,5-6,10H2,2-4H3,(H3,18,19,20);1H. The number of hydrogen-bond acceptors (Lipinski definition) is 2. The number of ether oxygens (including phenoxy) is 1. The Morgan fingerprint density at radius 3 is 2.59 bits per heavy atom. The number of nitrogens with zero attached hydrogens (tertiary/aromatic N) is 1. The Morgan fingerprint density at radius 2 is 2.00 bits per heavy atom. The zero-order valence-corrected chi connectivity index (χ0v) is 15.9. The van der Waals surface area contributed by atoms with Gasteiger partial charge in [-0.15, -0.1) is 24.0 Å². The monoisotopic (exact) mass is 415 g/mol. The highest BCUT2D eigenvalue weighted by atomic mass is 127. The van der Waals surface area contributed by atoms with Gasteiger partial charge in [0.1, 0.15) is 0 Å². The fourth-order valence-corrected chi connectivity index (χ4v) is 2.82. The number of nitrogens with two attached hydrogens (primary N) is 1. The first-order valence-corrected chi connectivity index (χ1v) is 7.38. The van der Waals surface area contributed by atoms with Crippen LogP contribution in [0.2, 0.25) is 0 Å². The van der Waals surface area contributed by atoms with E-state index in [1.165, 1.54) is 11.1 Å². The van der Waals surface area contributed by atoms with Crippen LogP contribution in [-0.4, -0.2) is 25.2 Å². The molecule has 5 heteroatoms. The lowest BCUT2D eigenvalue weighted by Gasteiger charge is -2.17. The maximum Gasteiger partial charge on any atom is 0.193 e. The highest BCUT2D eigenvalue weighted by Crippen LogP contribution is 2.26. The zero-order chi connectivity index (χ0) is 15.4. The Labute approximate surface area is 150 Å². The summed E-state index contributed by atoms with van der Waals surface area (Å²) >= 11 is 0. The van der Waals surface area contributed by atoms with Gasteiger partial charge in [-0.3, -0.25) is 4.99 Å². The molecule has 2 atom stereocenters. The largest absolute Gasteiger partial charge is 0.374 e. The molecule has 22 heavy (non-hydrogen) atoms. The summed E-state index contributed by atoms with van der Waals surface area (Å²) in [7, 11) is 0. The predicted octanol–water partition coefficient (Wildman–Crippen LogP) is 3.63. The Balaban J connectivity index is 0.00000242. The van der Waals surface area contributed by atoms with Crippen molar-refractivity contribution in [2.75, 3.05) is 18.5 Å². The molecule has 1 aliphatic heterocycles. The van der Waals surface area contributed by atoms with Crippen LogP contribution in [0.3, 0.4) is 0 Å². The van der Waals surface area contributed by atoms with Crippen molar-refractivity contribution in [3.8, 4) is 0 Å². The van der Waals surface area contributed by atoms with Crippen molar-refractivity contribution in [3.05, 3.63) is 41.5 Å². The number of guanidine groups is 1. The minimum absolute atomic E-state index is 0. The maximum atomic E-state index is 5.98. The Bertz CT molecular complexity index is 537.